The maximum atomic E-state index is 12.1. The van der Waals surface area contributed by atoms with Gasteiger partial charge < -0.3 is 4.74 Å². The minimum atomic E-state index is 0.00694. The van der Waals surface area contributed by atoms with Gasteiger partial charge in [0.15, 0.2) is 0 Å². The van der Waals surface area contributed by atoms with Crippen molar-refractivity contribution in [2.45, 2.75) is 25.8 Å². The van der Waals surface area contributed by atoms with E-state index in [0.717, 1.165) is 23.9 Å². The van der Waals surface area contributed by atoms with Crippen molar-refractivity contribution in [2.24, 2.45) is 0 Å². The van der Waals surface area contributed by atoms with E-state index in [9.17, 15) is 4.79 Å². The number of hydrogen-bond donors (Lipinski definition) is 0. The summed E-state index contributed by atoms with van der Waals surface area (Å²) in [5, 5.41) is 0.909. The van der Waals surface area contributed by atoms with Gasteiger partial charge in [-0.25, -0.2) is 9.97 Å². The zero-order valence-corrected chi connectivity index (χ0v) is 10.3. The van der Waals surface area contributed by atoms with Crippen LogP contribution in [0.3, 0.4) is 0 Å². The summed E-state index contributed by atoms with van der Waals surface area (Å²) in [6.07, 6.45) is 3.50. The van der Waals surface area contributed by atoms with E-state index in [2.05, 4.69) is 9.97 Å². The summed E-state index contributed by atoms with van der Waals surface area (Å²) in [6.45, 7) is 3.25. The van der Waals surface area contributed by atoms with Crippen molar-refractivity contribution in [1.29, 1.82) is 0 Å². The molecule has 0 saturated carbocycles. The fourth-order valence-electron chi connectivity index (χ4n) is 2.42. The van der Waals surface area contributed by atoms with Crippen molar-refractivity contribution in [2.75, 3.05) is 13.2 Å². The molecule has 1 aliphatic rings. The Labute approximate surface area is 104 Å². The quantitative estimate of drug-likeness (QED) is 0.763. The van der Waals surface area contributed by atoms with Crippen molar-refractivity contribution in [1.82, 2.24) is 14.5 Å². The third-order valence-corrected chi connectivity index (χ3v) is 3.34. The molecule has 5 heteroatoms. The van der Waals surface area contributed by atoms with Crippen LogP contribution >= 0.6 is 0 Å². The molecule has 0 spiro atoms. The molecule has 0 bridgehead atoms. The predicted molar refractivity (Wildman–Crippen MR) is 67.6 cm³/mol. The summed E-state index contributed by atoms with van der Waals surface area (Å²) in [7, 11) is 0. The van der Waals surface area contributed by atoms with Gasteiger partial charge in [0, 0.05) is 36.9 Å². The number of hydrogen-bond acceptors (Lipinski definition) is 4. The summed E-state index contributed by atoms with van der Waals surface area (Å²) in [6, 6.07) is 3.56. The molecule has 2 aromatic heterocycles. The number of fused-ring (bicyclic) bond motifs is 1. The molecule has 3 rings (SSSR count). The maximum absolute atomic E-state index is 12.1. The molecule has 18 heavy (non-hydrogen) atoms. The van der Waals surface area contributed by atoms with Crippen molar-refractivity contribution in [3.8, 4) is 0 Å². The van der Waals surface area contributed by atoms with Gasteiger partial charge in [0.25, 0.3) is 5.56 Å². The second-order valence-corrected chi connectivity index (χ2v) is 4.58. The highest BCUT2D eigenvalue weighted by atomic mass is 16.5. The zero-order chi connectivity index (χ0) is 12.5. The number of ether oxygens (including phenoxy) is 1. The van der Waals surface area contributed by atoms with Crippen molar-refractivity contribution < 1.29 is 4.74 Å². The number of pyridine rings is 1. The van der Waals surface area contributed by atoms with Crippen LogP contribution in [0.5, 0.6) is 0 Å². The predicted octanol–water partition coefficient (Wildman–Crippen LogP) is 1.45. The van der Waals surface area contributed by atoms with Crippen LogP contribution in [0.2, 0.25) is 0 Å². The van der Waals surface area contributed by atoms with E-state index in [1.54, 1.807) is 22.9 Å². The van der Waals surface area contributed by atoms with Crippen molar-refractivity contribution in [3.05, 3.63) is 34.5 Å². The first-order valence-corrected chi connectivity index (χ1v) is 6.18. The minimum Gasteiger partial charge on any atom is -0.381 e. The van der Waals surface area contributed by atoms with E-state index in [-0.39, 0.29) is 11.6 Å². The van der Waals surface area contributed by atoms with Gasteiger partial charge in [-0.05, 0) is 25.8 Å². The van der Waals surface area contributed by atoms with Gasteiger partial charge in [0.05, 0.1) is 0 Å². The zero-order valence-electron chi connectivity index (χ0n) is 10.3. The Morgan fingerprint density at radius 3 is 2.89 bits per heavy atom. The average Bonchev–Trinajstić information content (AvgIpc) is 2.39. The second kappa shape index (κ2) is 4.49. The molecule has 1 aliphatic heterocycles. The lowest BCUT2D eigenvalue weighted by Crippen LogP contribution is -2.29. The molecule has 2 aromatic rings. The summed E-state index contributed by atoms with van der Waals surface area (Å²) < 4.78 is 7.15. The molecule has 0 aromatic carbocycles. The van der Waals surface area contributed by atoms with E-state index in [1.807, 2.05) is 6.92 Å². The van der Waals surface area contributed by atoms with Gasteiger partial charge in [0.1, 0.15) is 11.5 Å². The van der Waals surface area contributed by atoms with Crippen LogP contribution in [0.25, 0.3) is 11.0 Å². The molecular weight excluding hydrogens is 230 g/mol. The van der Waals surface area contributed by atoms with Crippen LogP contribution < -0.4 is 5.56 Å². The molecule has 1 saturated heterocycles. The number of rotatable bonds is 1. The largest absolute Gasteiger partial charge is 0.381 e. The Balaban J connectivity index is 2.21. The maximum Gasteiger partial charge on any atom is 0.252 e. The summed E-state index contributed by atoms with van der Waals surface area (Å²) in [4.78, 5) is 20.7. The van der Waals surface area contributed by atoms with Gasteiger partial charge in [-0.2, -0.15) is 0 Å². The normalized spacial score (nSPS) is 17.2. The Bertz CT molecular complexity index is 630. The van der Waals surface area contributed by atoms with Crippen LogP contribution in [0, 0.1) is 6.92 Å². The Morgan fingerprint density at radius 1 is 1.33 bits per heavy atom. The van der Waals surface area contributed by atoms with Crippen LogP contribution in [-0.4, -0.2) is 27.7 Å². The van der Waals surface area contributed by atoms with E-state index >= 15 is 0 Å². The topological polar surface area (TPSA) is 57.0 Å². The van der Waals surface area contributed by atoms with E-state index in [1.165, 1.54) is 0 Å². The molecule has 0 amide bonds. The summed E-state index contributed by atoms with van der Waals surface area (Å²) in [5.74, 6) is 0.689. The van der Waals surface area contributed by atoms with Gasteiger partial charge in [-0.3, -0.25) is 9.36 Å². The van der Waals surface area contributed by atoms with Gasteiger partial charge >= 0.3 is 0 Å². The van der Waals surface area contributed by atoms with E-state index in [4.69, 9.17) is 4.74 Å². The molecule has 1 fully saturated rings. The Kier molecular flexibility index (Phi) is 2.83. The molecule has 5 nitrogen and oxygen atoms in total. The number of aromatic nitrogens is 3. The first kappa shape index (κ1) is 11.3. The molecular formula is C13H15N3O2. The first-order chi connectivity index (χ1) is 8.75. The fourth-order valence-corrected chi connectivity index (χ4v) is 2.42. The van der Waals surface area contributed by atoms with Gasteiger partial charge in [-0.1, -0.05) is 0 Å². The van der Waals surface area contributed by atoms with Gasteiger partial charge in [-0.15, -0.1) is 0 Å². The van der Waals surface area contributed by atoms with Crippen molar-refractivity contribution >= 4 is 11.0 Å². The SMILES string of the molecule is Cc1ncc2ccc(=O)n(C3CCOCC3)c2n1. The first-order valence-electron chi connectivity index (χ1n) is 6.18. The molecule has 3 heterocycles. The third-order valence-electron chi connectivity index (χ3n) is 3.34. The Morgan fingerprint density at radius 2 is 2.11 bits per heavy atom. The van der Waals surface area contributed by atoms with Gasteiger partial charge in [0.2, 0.25) is 0 Å². The standard InChI is InChI=1S/C13H15N3O2/c1-9-14-8-10-2-3-12(17)16(13(10)15-9)11-4-6-18-7-5-11/h2-3,8,11H,4-7H2,1H3. The molecule has 0 aliphatic carbocycles. The number of aryl methyl sites for hydroxylation is 1. The third kappa shape index (κ3) is 1.90. The summed E-state index contributed by atoms with van der Waals surface area (Å²) in [5.41, 5.74) is 0.745. The van der Waals surface area contributed by atoms with E-state index in [0.29, 0.717) is 19.0 Å². The second-order valence-electron chi connectivity index (χ2n) is 4.58. The summed E-state index contributed by atoms with van der Waals surface area (Å²) >= 11 is 0. The lowest BCUT2D eigenvalue weighted by Gasteiger charge is -2.25. The number of nitrogens with zero attached hydrogens (tertiary/aromatic N) is 3. The minimum absolute atomic E-state index is 0.00694. The fraction of sp³-hybridized carbons (Fsp3) is 0.462. The molecule has 0 unspecified atom stereocenters. The van der Waals surface area contributed by atoms with Crippen LogP contribution in [0.15, 0.2) is 23.1 Å². The smallest absolute Gasteiger partial charge is 0.252 e. The van der Waals surface area contributed by atoms with Crippen LogP contribution in [0.4, 0.5) is 0 Å². The molecule has 0 N–H and O–H groups in total. The highest BCUT2D eigenvalue weighted by Gasteiger charge is 2.19. The lowest BCUT2D eigenvalue weighted by atomic mass is 10.1. The van der Waals surface area contributed by atoms with Crippen molar-refractivity contribution in [3.63, 3.8) is 0 Å². The van der Waals surface area contributed by atoms with Crippen LogP contribution in [0.1, 0.15) is 24.7 Å². The Hall–Kier alpha value is -1.75. The molecule has 0 atom stereocenters. The lowest BCUT2D eigenvalue weighted by molar-refractivity contribution is 0.0697. The molecule has 0 radical (unpaired) electrons. The highest BCUT2D eigenvalue weighted by Crippen LogP contribution is 2.22. The highest BCUT2D eigenvalue weighted by molar-refractivity contribution is 5.73. The average molecular weight is 245 g/mol. The molecule has 94 valence electrons. The van der Waals surface area contributed by atoms with E-state index < -0.39 is 0 Å². The van der Waals surface area contributed by atoms with Crippen LogP contribution in [-0.2, 0) is 4.74 Å². The monoisotopic (exact) mass is 245 g/mol.